The normalized spacial score (nSPS) is 11.1. The van der Waals surface area contributed by atoms with Gasteiger partial charge in [0.2, 0.25) is 0 Å². The van der Waals surface area contributed by atoms with Gasteiger partial charge in [0.15, 0.2) is 5.78 Å². The van der Waals surface area contributed by atoms with E-state index in [0.717, 1.165) is 0 Å². The number of hydrogen-bond acceptors (Lipinski definition) is 2. The molecule has 1 aromatic rings. The number of nitrogens with one attached hydrogen (secondary N) is 1. The SMILES string of the molecule is CC(C)(C)C(=O)CNC(=O)c1ccccc1F. The maximum absolute atomic E-state index is 13.3. The summed E-state index contributed by atoms with van der Waals surface area (Å²) in [4.78, 5) is 23.2. The highest BCUT2D eigenvalue weighted by molar-refractivity contribution is 5.97. The molecule has 0 aliphatic carbocycles. The van der Waals surface area contributed by atoms with Gasteiger partial charge in [0.1, 0.15) is 5.82 Å². The monoisotopic (exact) mass is 237 g/mol. The van der Waals surface area contributed by atoms with Crippen LogP contribution >= 0.6 is 0 Å². The average molecular weight is 237 g/mol. The molecule has 0 spiro atoms. The standard InChI is InChI=1S/C13H16FNO2/c1-13(2,3)11(16)8-15-12(17)9-6-4-5-7-10(9)14/h4-7H,8H2,1-3H3,(H,15,17). The van der Waals surface area contributed by atoms with Crippen LogP contribution in [-0.4, -0.2) is 18.2 Å². The van der Waals surface area contributed by atoms with Crippen molar-refractivity contribution in [1.29, 1.82) is 0 Å². The zero-order chi connectivity index (χ0) is 13.1. The Bertz CT molecular complexity index is 435. The topological polar surface area (TPSA) is 46.2 Å². The van der Waals surface area contributed by atoms with Crippen molar-refractivity contribution in [2.75, 3.05) is 6.54 Å². The predicted octanol–water partition coefficient (Wildman–Crippen LogP) is 2.17. The Balaban J connectivity index is 2.63. The molecule has 92 valence electrons. The molecule has 0 fully saturated rings. The molecule has 1 amide bonds. The number of ketones is 1. The van der Waals surface area contributed by atoms with Crippen LogP contribution < -0.4 is 5.32 Å². The summed E-state index contributed by atoms with van der Waals surface area (Å²) in [5.74, 6) is -1.25. The molecular formula is C13H16FNO2. The van der Waals surface area contributed by atoms with Crippen LogP contribution in [0.5, 0.6) is 0 Å². The van der Waals surface area contributed by atoms with Gasteiger partial charge in [-0.05, 0) is 12.1 Å². The van der Waals surface area contributed by atoms with E-state index in [1.807, 2.05) is 0 Å². The highest BCUT2D eigenvalue weighted by atomic mass is 19.1. The second kappa shape index (κ2) is 5.08. The maximum atomic E-state index is 13.3. The van der Waals surface area contributed by atoms with Crippen molar-refractivity contribution >= 4 is 11.7 Å². The first-order valence-electron chi connectivity index (χ1n) is 5.38. The molecule has 0 bridgehead atoms. The van der Waals surface area contributed by atoms with Gasteiger partial charge in [-0.2, -0.15) is 0 Å². The molecular weight excluding hydrogens is 221 g/mol. The second-order valence-corrected chi connectivity index (χ2v) is 4.84. The van der Waals surface area contributed by atoms with E-state index in [1.165, 1.54) is 18.2 Å². The van der Waals surface area contributed by atoms with Gasteiger partial charge >= 0.3 is 0 Å². The number of carbonyl (C=O) groups excluding carboxylic acids is 2. The third-order valence-electron chi connectivity index (χ3n) is 2.36. The molecule has 0 radical (unpaired) electrons. The van der Waals surface area contributed by atoms with Gasteiger partial charge < -0.3 is 5.32 Å². The molecule has 0 aromatic heterocycles. The smallest absolute Gasteiger partial charge is 0.254 e. The Morgan fingerprint density at radius 3 is 2.35 bits per heavy atom. The fourth-order valence-electron chi connectivity index (χ4n) is 1.17. The summed E-state index contributed by atoms with van der Waals surface area (Å²) in [5, 5.41) is 2.42. The van der Waals surface area contributed by atoms with Crippen LogP contribution in [0.15, 0.2) is 24.3 Å². The van der Waals surface area contributed by atoms with E-state index < -0.39 is 17.1 Å². The molecule has 0 aliphatic rings. The van der Waals surface area contributed by atoms with Crippen LogP contribution in [0.2, 0.25) is 0 Å². The molecule has 0 aliphatic heterocycles. The lowest BCUT2D eigenvalue weighted by molar-refractivity contribution is -0.125. The van der Waals surface area contributed by atoms with Crippen LogP contribution in [0.3, 0.4) is 0 Å². The Hall–Kier alpha value is -1.71. The van der Waals surface area contributed by atoms with Crippen LogP contribution in [0.4, 0.5) is 4.39 Å². The van der Waals surface area contributed by atoms with Gasteiger partial charge in [-0.3, -0.25) is 9.59 Å². The zero-order valence-electron chi connectivity index (χ0n) is 10.2. The third-order valence-corrected chi connectivity index (χ3v) is 2.36. The Morgan fingerprint density at radius 2 is 1.82 bits per heavy atom. The summed E-state index contributed by atoms with van der Waals surface area (Å²) < 4.78 is 13.3. The van der Waals surface area contributed by atoms with Crippen molar-refractivity contribution in [2.24, 2.45) is 5.41 Å². The first-order chi connectivity index (χ1) is 7.82. The molecule has 4 heteroatoms. The summed E-state index contributed by atoms with van der Waals surface area (Å²) in [6, 6.07) is 5.67. The number of Topliss-reactive ketones (excluding diaryl/α,β-unsaturated/α-hetero) is 1. The quantitative estimate of drug-likeness (QED) is 0.875. The Kier molecular flexibility index (Phi) is 3.99. The van der Waals surface area contributed by atoms with Gasteiger partial charge in [-0.15, -0.1) is 0 Å². The number of hydrogen-bond donors (Lipinski definition) is 1. The Morgan fingerprint density at radius 1 is 1.24 bits per heavy atom. The van der Waals surface area contributed by atoms with Crippen molar-refractivity contribution in [2.45, 2.75) is 20.8 Å². The average Bonchev–Trinajstić information content (AvgIpc) is 2.24. The highest BCUT2D eigenvalue weighted by Gasteiger charge is 2.21. The summed E-state index contributed by atoms with van der Waals surface area (Å²) in [5.41, 5.74) is -0.558. The highest BCUT2D eigenvalue weighted by Crippen LogP contribution is 2.13. The van der Waals surface area contributed by atoms with Crippen LogP contribution in [0.25, 0.3) is 0 Å². The molecule has 1 rings (SSSR count). The van der Waals surface area contributed by atoms with Crippen molar-refractivity contribution in [3.05, 3.63) is 35.6 Å². The molecule has 0 saturated carbocycles. The molecule has 17 heavy (non-hydrogen) atoms. The number of amides is 1. The van der Waals surface area contributed by atoms with E-state index in [9.17, 15) is 14.0 Å². The summed E-state index contributed by atoms with van der Waals surface area (Å²) >= 11 is 0. The van der Waals surface area contributed by atoms with E-state index in [2.05, 4.69) is 5.32 Å². The lowest BCUT2D eigenvalue weighted by atomic mass is 9.91. The summed E-state index contributed by atoms with van der Waals surface area (Å²) in [6.45, 7) is 5.22. The van der Waals surface area contributed by atoms with Crippen LogP contribution in [0.1, 0.15) is 31.1 Å². The Labute approximate surface area is 100 Å². The van der Waals surface area contributed by atoms with Crippen molar-refractivity contribution in [3.63, 3.8) is 0 Å². The van der Waals surface area contributed by atoms with E-state index in [-0.39, 0.29) is 17.9 Å². The maximum Gasteiger partial charge on any atom is 0.254 e. The number of benzene rings is 1. The minimum atomic E-state index is -0.590. The number of halogens is 1. The van der Waals surface area contributed by atoms with Crippen molar-refractivity contribution in [1.82, 2.24) is 5.32 Å². The summed E-state index contributed by atoms with van der Waals surface area (Å²) in [7, 11) is 0. The molecule has 1 aromatic carbocycles. The van der Waals surface area contributed by atoms with E-state index >= 15 is 0 Å². The molecule has 0 saturated heterocycles. The fourth-order valence-corrected chi connectivity index (χ4v) is 1.17. The molecule has 3 nitrogen and oxygen atoms in total. The van der Waals surface area contributed by atoms with Gasteiger partial charge in [0, 0.05) is 5.41 Å². The lowest BCUT2D eigenvalue weighted by Gasteiger charge is -2.16. The van der Waals surface area contributed by atoms with E-state index in [1.54, 1.807) is 26.8 Å². The van der Waals surface area contributed by atoms with Gasteiger partial charge in [-0.25, -0.2) is 4.39 Å². The van der Waals surface area contributed by atoms with Crippen LogP contribution in [-0.2, 0) is 4.79 Å². The molecule has 0 atom stereocenters. The largest absolute Gasteiger partial charge is 0.345 e. The minimum absolute atomic E-state index is 0.0470. The van der Waals surface area contributed by atoms with Gasteiger partial charge in [0.25, 0.3) is 5.91 Å². The van der Waals surface area contributed by atoms with Crippen LogP contribution in [0, 0.1) is 11.2 Å². The second-order valence-electron chi connectivity index (χ2n) is 4.84. The zero-order valence-corrected chi connectivity index (χ0v) is 10.2. The fraction of sp³-hybridized carbons (Fsp3) is 0.385. The first kappa shape index (κ1) is 13.4. The minimum Gasteiger partial charge on any atom is -0.345 e. The van der Waals surface area contributed by atoms with Crippen molar-refractivity contribution < 1.29 is 14.0 Å². The first-order valence-corrected chi connectivity index (χ1v) is 5.38. The van der Waals surface area contributed by atoms with E-state index in [4.69, 9.17) is 0 Å². The molecule has 0 unspecified atom stereocenters. The van der Waals surface area contributed by atoms with E-state index in [0.29, 0.717) is 0 Å². The predicted molar refractivity (Wildman–Crippen MR) is 63.2 cm³/mol. The summed E-state index contributed by atoms with van der Waals surface area (Å²) in [6.07, 6.45) is 0. The van der Waals surface area contributed by atoms with Gasteiger partial charge in [0.05, 0.1) is 12.1 Å². The lowest BCUT2D eigenvalue weighted by Crippen LogP contribution is -2.35. The number of carbonyl (C=O) groups is 2. The van der Waals surface area contributed by atoms with Gasteiger partial charge in [-0.1, -0.05) is 32.9 Å². The number of rotatable bonds is 3. The third kappa shape index (κ3) is 3.66. The van der Waals surface area contributed by atoms with Crippen molar-refractivity contribution in [3.8, 4) is 0 Å². The molecule has 1 N–H and O–H groups in total. The molecule has 0 heterocycles.